The Morgan fingerprint density at radius 1 is 1.24 bits per heavy atom. The molecule has 5 nitrogen and oxygen atoms in total. The molecule has 0 radical (unpaired) electrons. The second kappa shape index (κ2) is 7.33. The SMILES string of the molecule is CCOC(c1ccccc1)c1noc([C@H](N)CC(C)C)n1. The van der Waals surface area contributed by atoms with E-state index in [4.69, 9.17) is 15.0 Å². The molecule has 0 aliphatic heterocycles. The predicted molar refractivity (Wildman–Crippen MR) is 80.6 cm³/mol. The molecule has 0 saturated heterocycles. The van der Waals surface area contributed by atoms with Gasteiger partial charge in [0.1, 0.15) is 6.10 Å². The molecule has 2 atom stereocenters. The lowest BCUT2D eigenvalue weighted by molar-refractivity contribution is 0.0833. The van der Waals surface area contributed by atoms with Gasteiger partial charge in [0.2, 0.25) is 11.7 Å². The fourth-order valence-corrected chi connectivity index (χ4v) is 2.23. The van der Waals surface area contributed by atoms with Gasteiger partial charge in [0.25, 0.3) is 0 Å². The minimum atomic E-state index is -0.319. The molecular weight excluding hydrogens is 266 g/mol. The monoisotopic (exact) mass is 289 g/mol. The maximum absolute atomic E-state index is 6.08. The van der Waals surface area contributed by atoms with Crippen molar-refractivity contribution in [2.75, 3.05) is 6.61 Å². The average Bonchev–Trinajstić information content (AvgIpc) is 2.94. The summed E-state index contributed by atoms with van der Waals surface area (Å²) in [6, 6.07) is 9.64. The number of nitrogens with two attached hydrogens (primary N) is 1. The highest BCUT2D eigenvalue weighted by atomic mass is 16.5. The second-order valence-electron chi connectivity index (χ2n) is 5.47. The molecular formula is C16H23N3O2. The first-order chi connectivity index (χ1) is 10.1. The first-order valence-corrected chi connectivity index (χ1v) is 7.37. The van der Waals surface area contributed by atoms with Gasteiger partial charge in [-0.15, -0.1) is 0 Å². The van der Waals surface area contributed by atoms with Gasteiger partial charge in [0.05, 0.1) is 6.04 Å². The predicted octanol–water partition coefficient (Wildman–Crippen LogP) is 3.24. The van der Waals surface area contributed by atoms with E-state index < -0.39 is 0 Å². The van der Waals surface area contributed by atoms with E-state index in [2.05, 4.69) is 24.0 Å². The van der Waals surface area contributed by atoms with Crippen molar-refractivity contribution in [1.82, 2.24) is 10.1 Å². The zero-order valence-electron chi connectivity index (χ0n) is 12.8. The molecule has 0 saturated carbocycles. The van der Waals surface area contributed by atoms with Gasteiger partial charge in [-0.05, 0) is 24.8 Å². The molecule has 1 heterocycles. The third-order valence-corrected chi connectivity index (χ3v) is 3.17. The first-order valence-electron chi connectivity index (χ1n) is 7.37. The summed E-state index contributed by atoms with van der Waals surface area (Å²) in [5, 5.41) is 4.05. The molecule has 0 fully saturated rings. The van der Waals surface area contributed by atoms with Gasteiger partial charge < -0.3 is 15.0 Å². The van der Waals surface area contributed by atoms with Crippen LogP contribution in [0.5, 0.6) is 0 Å². The molecule has 0 aliphatic rings. The van der Waals surface area contributed by atoms with Crippen LogP contribution in [0.25, 0.3) is 0 Å². The molecule has 0 amide bonds. The van der Waals surface area contributed by atoms with Crippen LogP contribution in [-0.2, 0) is 4.74 Å². The molecule has 1 aromatic heterocycles. The summed E-state index contributed by atoms with van der Waals surface area (Å²) >= 11 is 0. The van der Waals surface area contributed by atoms with Gasteiger partial charge in [-0.2, -0.15) is 4.98 Å². The van der Waals surface area contributed by atoms with E-state index in [1.165, 1.54) is 0 Å². The highest BCUT2D eigenvalue weighted by molar-refractivity contribution is 5.22. The van der Waals surface area contributed by atoms with Crippen LogP contribution in [0.15, 0.2) is 34.9 Å². The summed E-state index contributed by atoms with van der Waals surface area (Å²) in [5.74, 6) is 1.48. The summed E-state index contributed by atoms with van der Waals surface area (Å²) in [4.78, 5) is 4.43. The molecule has 0 bridgehead atoms. The standard InChI is InChI=1S/C16H23N3O2/c1-4-20-14(12-8-6-5-7-9-12)15-18-16(21-19-15)13(17)10-11(2)3/h5-9,11,13-14H,4,10,17H2,1-3H3/t13-,14?/m1/s1. The summed E-state index contributed by atoms with van der Waals surface area (Å²) in [6.07, 6.45) is 0.492. The van der Waals surface area contributed by atoms with Crippen molar-refractivity contribution >= 4 is 0 Å². The van der Waals surface area contributed by atoms with E-state index in [1.54, 1.807) is 0 Å². The van der Waals surface area contributed by atoms with E-state index in [0.29, 0.717) is 24.2 Å². The number of nitrogens with zero attached hydrogens (tertiary/aromatic N) is 2. The Kier molecular flexibility index (Phi) is 5.47. The maximum Gasteiger partial charge on any atom is 0.243 e. The van der Waals surface area contributed by atoms with E-state index in [1.807, 2.05) is 37.3 Å². The first kappa shape index (κ1) is 15.7. The van der Waals surface area contributed by atoms with Gasteiger partial charge in [0.15, 0.2) is 0 Å². The van der Waals surface area contributed by atoms with Gasteiger partial charge in [-0.3, -0.25) is 0 Å². The van der Waals surface area contributed by atoms with Gasteiger partial charge in [-0.25, -0.2) is 0 Å². The van der Waals surface area contributed by atoms with Crippen LogP contribution in [0.1, 0.15) is 56.6 Å². The van der Waals surface area contributed by atoms with Crippen molar-refractivity contribution in [3.05, 3.63) is 47.6 Å². The normalized spacial score (nSPS) is 14.3. The molecule has 1 aromatic carbocycles. The van der Waals surface area contributed by atoms with Crippen molar-refractivity contribution in [1.29, 1.82) is 0 Å². The molecule has 0 aliphatic carbocycles. The summed E-state index contributed by atoms with van der Waals surface area (Å²) in [7, 11) is 0. The van der Waals surface area contributed by atoms with Crippen LogP contribution >= 0.6 is 0 Å². The topological polar surface area (TPSA) is 74.2 Å². The van der Waals surface area contributed by atoms with Crippen molar-refractivity contribution in [3.8, 4) is 0 Å². The number of rotatable bonds is 7. The van der Waals surface area contributed by atoms with E-state index in [-0.39, 0.29) is 12.1 Å². The Labute approximate surface area is 125 Å². The van der Waals surface area contributed by atoms with E-state index in [9.17, 15) is 0 Å². The van der Waals surface area contributed by atoms with Crippen molar-refractivity contribution in [2.24, 2.45) is 11.7 Å². The van der Waals surface area contributed by atoms with Gasteiger partial charge in [0, 0.05) is 6.61 Å². The quantitative estimate of drug-likeness (QED) is 0.847. The van der Waals surface area contributed by atoms with Crippen molar-refractivity contribution < 1.29 is 9.26 Å². The van der Waals surface area contributed by atoms with Crippen molar-refractivity contribution in [3.63, 3.8) is 0 Å². The Morgan fingerprint density at radius 3 is 2.57 bits per heavy atom. The lowest BCUT2D eigenvalue weighted by atomic mass is 10.0. The molecule has 114 valence electrons. The van der Waals surface area contributed by atoms with Gasteiger partial charge in [-0.1, -0.05) is 49.3 Å². The molecule has 5 heteroatoms. The van der Waals surface area contributed by atoms with Crippen LogP contribution in [0.2, 0.25) is 0 Å². The van der Waals surface area contributed by atoms with Crippen LogP contribution in [0, 0.1) is 5.92 Å². The van der Waals surface area contributed by atoms with Crippen LogP contribution < -0.4 is 5.73 Å². The van der Waals surface area contributed by atoms with Crippen LogP contribution in [0.3, 0.4) is 0 Å². The minimum Gasteiger partial charge on any atom is -0.366 e. The Balaban J connectivity index is 2.20. The van der Waals surface area contributed by atoms with E-state index >= 15 is 0 Å². The van der Waals surface area contributed by atoms with Crippen LogP contribution in [0.4, 0.5) is 0 Å². The molecule has 21 heavy (non-hydrogen) atoms. The molecule has 1 unspecified atom stereocenters. The Morgan fingerprint density at radius 2 is 1.95 bits per heavy atom. The minimum absolute atomic E-state index is 0.232. The van der Waals surface area contributed by atoms with Crippen molar-refractivity contribution in [2.45, 2.75) is 39.3 Å². The number of hydrogen-bond donors (Lipinski definition) is 1. The van der Waals surface area contributed by atoms with E-state index in [0.717, 1.165) is 12.0 Å². The molecule has 2 aromatic rings. The number of ether oxygens (including phenoxy) is 1. The third-order valence-electron chi connectivity index (χ3n) is 3.17. The summed E-state index contributed by atoms with van der Waals surface area (Å²) in [6.45, 7) is 6.75. The molecule has 2 rings (SSSR count). The maximum atomic E-state index is 6.08. The fourth-order valence-electron chi connectivity index (χ4n) is 2.23. The number of hydrogen-bond acceptors (Lipinski definition) is 5. The van der Waals surface area contributed by atoms with Gasteiger partial charge >= 0.3 is 0 Å². The zero-order valence-corrected chi connectivity index (χ0v) is 12.8. The summed E-state index contributed by atoms with van der Waals surface area (Å²) < 4.78 is 11.1. The largest absolute Gasteiger partial charge is 0.366 e. The third kappa shape index (κ3) is 4.12. The fraction of sp³-hybridized carbons (Fsp3) is 0.500. The number of benzene rings is 1. The number of aromatic nitrogens is 2. The second-order valence-corrected chi connectivity index (χ2v) is 5.47. The Bertz CT molecular complexity index is 539. The zero-order chi connectivity index (χ0) is 15.2. The lowest BCUT2D eigenvalue weighted by Gasteiger charge is -2.13. The average molecular weight is 289 g/mol. The lowest BCUT2D eigenvalue weighted by Crippen LogP contribution is -2.14. The smallest absolute Gasteiger partial charge is 0.243 e. The molecule has 2 N–H and O–H groups in total. The highest BCUT2D eigenvalue weighted by Crippen LogP contribution is 2.25. The Hall–Kier alpha value is -1.72. The van der Waals surface area contributed by atoms with Crippen LogP contribution in [-0.4, -0.2) is 16.7 Å². The molecule has 0 spiro atoms. The highest BCUT2D eigenvalue weighted by Gasteiger charge is 2.23. The summed E-state index contributed by atoms with van der Waals surface area (Å²) in [5.41, 5.74) is 7.09.